The Balaban J connectivity index is 1.98. The maximum atomic E-state index is 5.96. The molecule has 0 radical (unpaired) electrons. The van der Waals surface area contributed by atoms with Gasteiger partial charge in [0.05, 0.1) is 11.5 Å². The number of rotatable bonds is 6. The van der Waals surface area contributed by atoms with Crippen LogP contribution in [0.4, 0.5) is 0 Å². The summed E-state index contributed by atoms with van der Waals surface area (Å²) in [6.45, 7) is 2.38. The molecule has 108 valence electrons. The van der Waals surface area contributed by atoms with Crippen molar-refractivity contribution < 1.29 is 4.74 Å². The van der Waals surface area contributed by atoms with Crippen LogP contribution in [0.1, 0.15) is 24.7 Å². The van der Waals surface area contributed by atoms with Gasteiger partial charge < -0.3 is 10.5 Å². The maximum absolute atomic E-state index is 5.96. The van der Waals surface area contributed by atoms with Gasteiger partial charge in [0, 0.05) is 6.04 Å². The van der Waals surface area contributed by atoms with Crippen molar-refractivity contribution >= 4 is 15.9 Å². The van der Waals surface area contributed by atoms with E-state index in [0.29, 0.717) is 12.4 Å². The third kappa shape index (κ3) is 4.01. The largest absolute Gasteiger partial charge is 0.484 e. The molecule has 1 aromatic carbocycles. The number of nitrogens with zero attached hydrogens (tertiary/aromatic N) is 4. The first-order chi connectivity index (χ1) is 9.58. The second-order valence-corrected chi connectivity index (χ2v) is 5.48. The number of aromatic nitrogens is 4. The number of halogens is 1. The third-order valence-electron chi connectivity index (χ3n) is 2.93. The lowest BCUT2D eigenvalue weighted by Crippen LogP contribution is -2.21. The fourth-order valence-electron chi connectivity index (χ4n) is 1.76. The summed E-state index contributed by atoms with van der Waals surface area (Å²) in [5, 5.41) is 11.7. The highest BCUT2D eigenvalue weighted by Gasteiger charge is 2.07. The van der Waals surface area contributed by atoms with Crippen LogP contribution in [0.5, 0.6) is 5.75 Å². The summed E-state index contributed by atoms with van der Waals surface area (Å²) < 4.78 is 6.57. The van der Waals surface area contributed by atoms with E-state index in [1.165, 1.54) is 10.4 Å². The highest BCUT2D eigenvalue weighted by molar-refractivity contribution is 9.10. The van der Waals surface area contributed by atoms with Crippen LogP contribution in [0.15, 0.2) is 22.7 Å². The van der Waals surface area contributed by atoms with Crippen molar-refractivity contribution in [3.05, 3.63) is 34.1 Å². The Bertz CT molecular complexity index is 572. The molecule has 1 unspecified atom stereocenters. The van der Waals surface area contributed by atoms with E-state index in [9.17, 15) is 0 Å². The topological polar surface area (TPSA) is 78.9 Å². The number of aryl methyl sites for hydroxylation is 1. The fraction of sp³-hybridized carbons (Fsp3) is 0.462. The molecule has 0 aliphatic carbocycles. The normalized spacial score (nSPS) is 12.4. The van der Waals surface area contributed by atoms with Gasteiger partial charge in [0.1, 0.15) is 5.75 Å². The molecule has 2 rings (SSSR count). The molecular formula is C13H18BrN5O. The number of hydrogen-bond acceptors (Lipinski definition) is 5. The van der Waals surface area contributed by atoms with Gasteiger partial charge in [0.2, 0.25) is 5.82 Å². The molecule has 0 fully saturated rings. The molecular weight excluding hydrogens is 322 g/mol. The van der Waals surface area contributed by atoms with Crippen molar-refractivity contribution in [3.63, 3.8) is 0 Å². The average Bonchev–Trinajstić information content (AvgIpc) is 2.83. The molecule has 6 nitrogen and oxygen atoms in total. The quantitative estimate of drug-likeness (QED) is 0.868. The molecule has 0 spiro atoms. The lowest BCUT2D eigenvalue weighted by Gasteiger charge is -2.11. The Morgan fingerprint density at radius 1 is 1.45 bits per heavy atom. The summed E-state index contributed by atoms with van der Waals surface area (Å²) in [6, 6.07) is 6.18. The summed E-state index contributed by atoms with van der Waals surface area (Å²) in [7, 11) is 1.72. The first kappa shape index (κ1) is 14.9. The zero-order valence-corrected chi connectivity index (χ0v) is 13.2. The van der Waals surface area contributed by atoms with Gasteiger partial charge in [-0.25, -0.2) is 0 Å². The van der Waals surface area contributed by atoms with Crippen LogP contribution in [0.2, 0.25) is 0 Å². The molecule has 2 N–H and O–H groups in total. The number of ether oxygens (including phenoxy) is 1. The molecule has 20 heavy (non-hydrogen) atoms. The summed E-state index contributed by atoms with van der Waals surface area (Å²) in [5.74, 6) is 1.31. The Morgan fingerprint density at radius 3 is 2.85 bits per heavy atom. The summed E-state index contributed by atoms with van der Waals surface area (Å²) in [4.78, 5) is 1.41. The van der Waals surface area contributed by atoms with Gasteiger partial charge in [0.15, 0.2) is 6.61 Å². The minimum atomic E-state index is 0.192. The van der Waals surface area contributed by atoms with E-state index in [1.54, 1.807) is 7.05 Å². The van der Waals surface area contributed by atoms with E-state index in [1.807, 2.05) is 18.2 Å². The molecule has 0 saturated heterocycles. The second kappa shape index (κ2) is 6.81. The smallest absolute Gasteiger partial charge is 0.212 e. The van der Waals surface area contributed by atoms with Gasteiger partial charge >= 0.3 is 0 Å². The van der Waals surface area contributed by atoms with Gasteiger partial charge in [-0.1, -0.05) is 13.0 Å². The number of tetrazole rings is 1. The van der Waals surface area contributed by atoms with Crippen LogP contribution in [-0.4, -0.2) is 26.2 Å². The molecule has 7 heteroatoms. The first-order valence-corrected chi connectivity index (χ1v) is 7.27. The molecule has 0 aliphatic rings. The van der Waals surface area contributed by atoms with Crippen molar-refractivity contribution in [2.24, 2.45) is 12.8 Å². The van der Waals surface area contributed by atoms with E-state index in [4.69, 9.17) is 10.5 Å². The van der Waals surface area contributed by atoms with Crippen molar-refractivity contribution in [3.8, 4) is 5.75 Å². The Kier molecular flexibility index (Phi) is 5.08. The number of benzene rings is 1. The Labute approximate surface area is 126 Å². The summed E-state index contributed by atoms with van der Waals surface area (Å²) in [6.07, 6.45) is 1.83. The Hall–Kier alpha value is -1.47. The van der Waals surface area contributed by atoms with Gasteiger partial charge in [-0.2, -0.15) is 4.80 Å². The predicted molar refractivity (Wildman–Crippen MR) is 79.2 cm³/mol. The van der Waals surface area contributed by atoms with Crippen molar-refractivity contribution in [1.29, 1.82) is 0 Å². The zero-order chi connectivity index (χ0) is 14.5. The lowest BCUT2D eigenvalue weighted by molar-refractivity contribution is 0.293. The molecule has 1 aromatic heterocycles. The highest BCUT2D eigenvalue weighted by Crippen LogP contribution is 2.27. The minimum absolute atomic E-state index is 0.192. The minimum Gasteiger partial charge on any atom is -0.484 e. The average molecular weight is 340 g/mol. The van der Waals surface area contributed by atoms with E-state index < -0.39 is 0 Å². The van der Waals surface area contributed by atoms with Crippen molar-refractivity contribution in [2.75, 3.05) is 0 Å². The molecule has 0 aliphatic heterocycles. The number of hydrogen-bond donors (Lipinski definition) is 1. The summed E-state index contributed by atoms with van der Waals surface area (Å²) in [5.41, 5.74) is 7.15. The fourth-order valence-corrected chi connectivity index (χ4v) is 2.30. The van der Waals surface area contributed by atoms with Crippen molar-refractivity contribution in [1.82, 2.24) is 20.2 Å². The van der Waals surface area contributed by atoms with E-state index in [0.717, 1.165) is 23.1 Å². The number of nitrogens with two attached hydrogens (primary N) is 1. The highest BCUT2D eigenvalue weighted by atomic mass is 79.9. The van der Waals surface area contributed by atoms with Crippen LogP contribution in [0.3, 0.4) is 0 Å². The van der Waals surface area contributed by atoms with E-state index >= 15 is 0 Å². The van der Waals surface area contributed by atoms with Crippen LogP contribution < -0.4 is 10.5 Å². The zero-order valence-electron chi connectivity index (χ0n) is 11.6. The SMILES string of the molecule is CCC(N)Cc1ccc(OCc2nnn(C)n2)c(Br)c1. The van der Waals surface area contributed by atoms with Gasteiger partial charge in [-0.15, -0.1) is 10.2 Å². The molecule has 2 aromatic rings. The van der Waals surface area contributed by atoms with Gasteiger partial charge in [-0.05, 0) is 51.7 Å². The molecule has 0 saturated carbocycles. The third-order valence-corrected chi connectivity index (χ3v) is 3.54. The maximum Gasteiger partial charge on any atom is 0.212 e. The van der Waals surface area contributed by atoms with Crippen LogP contribution in [-0.2, 0) is 20.1 Å². The Morgan fingerprint density at radius 2 is 2.25 bits per heavy atom. The monoisotopic (exact) mass is 339 g/mol. The van der Waals surface area contributed by atoms with Crippen LogP contribution in [0.25, 0.3) is 0 Å². The van der Waals surface area contributed by atoms with Crippen LogP contribution in [0, 0.1) is 0 Å². The lowest BCUT2D eigenvalue weighted by atomic mass is 10.0. The van der Waals surface area contributed by atoms with E-state index in [2.05, 4.69) is 38.3 Å². The molecule has 1 heterocycles. The molecule has 0 amide bonds. The first-order valence-electron chi connectivity index (χ1n) is 6.48. The van der Waals surface area contributed by atoms with E-state index in [-0.39, 0.29) is 6.04 Å². The van der Waals surface area contributed by atoms with Gasteiger partial charge in [-0.3, -0.25) is 0 Å². The van der Waals surface area contributed by atoms with Crippen molar-refractivity contribution in [2.45, 2.75) is 32.4 Å². The van der Waals surface area contributed by atoms with Gasteiger partial charge in [0.25, 0.3) is 0 Å². The predicted octanol–water partition coefficient (Wildman–Crippen LogP) is 1.83. The standard InChI is InChI=1S/C13H18BrN5O/c1-3-10(15)6-9-4-5-12(11(14)7-9)20-8-13-16-18-19(2)17-13/h4-5,7,10H,3,6,8,15H2,1-2H3. The second-order valence-electron chi connectivity index (χ2n) is 4.62. The van der Waals surface area contributed by atoms with Crippen LogP contribution >= 0.6 is 15.9 Å². The molecule has 0 bridgehead atoms. The summed E-state index contributed by atoms with van der Waals surface area (Å²) >= 11 is 3.51. The molecule has 1 atom stereocenters.